The van der Waals surface area contributed by atoms with Crippen LogP contribution in [0.15, 0.2) is 6.07 Å². The largest absolute Gasteiger partial charge is 0.384 e. The zero-order valence-corrected chi connectivity index (χ0v) is 10.8. The second kappa shape index (κ2) is 5.34. The summed E-state index contributed by atoms with van der Waals surface area (Å²) in [7, 11) is 2.09. The van der Waals surface area contributed by atoms with Crippen LogP contribution in [0.5, 0.6) is 0 Å². The van der Waals surface area contributed by atoms with Crippen LogP contribution in [0.1, 0.15) is 38.4 Å². The molecule has 17 heavy (non-hydrogen) atoms. The first-order chi connectivity index (χ1) is 8.19. The standard InChI is InChI=1S/C13H22N4/c1-3-5-12-15-11(14)8-13(16-12)17(2)9-10-6-4-7-10/h8,10H,3-7,9H2,1-2H3,(H2,14,15,16). The molecule has 1 fully saturated rings. The van der Waals surface area contributed by atoms with Gasteiger partial charge in [-0.05, 0) is 25.2 Å². The number of rotatable bonds is 5. The molecule has 94 valence electrons. The Morgan fingerprint density at radius 3 is 2.76 bits per heavy atom. The van der Waals surface area contributed by atoms with E-state index in [1.165, 1.54) is 19.3 Å². The zero-order valence-electron chi connectivity index (χ0n) is 10.8. The molecule has 1 saturated carbocycles. The van der Waals surface area contributed by atoms with Crippen LogP contribution in [-0.4, -0.2) is 23.6 Å². The maximum absolute atomic E-state index is 5.83. The minimum Gasteiger partial charge on any atom is -0.384 e. The molecular weight excluding hydrogens is 212 g/mol. The van der Waals surface area contributed by atoms with E-state index >= 15 is 0 Å². The molecule has 2 N–H and O–H groups in total. The van der Waals surface area contributed by atoms with E-state index in [9.17, 15) is 0 Å². The number of nitrogens with two attached hydrogens (primary N) is 1. The number of hydrogen-bond donors (Lipinski definition) is 1. The van der Waals surface area contributed by atoms with Gasteiger partial charge >= 0.3 is 0 Å². The van der Waals surface area contributed by atoms with Crippen molar-refractivity contribution in [1.82, 2.24) is 9.97 Å². The predicted molar refractivity (Wildman–Crippen MR) is 71.1 cm³/mol. The average Bonchev–Trinajstić information content (AvgIpc) is 2.23. The first-order valence-corrected chi connectivity index (χ1v) is 6.53. The second-order valence-corrected chi connectivity index (χ2v) is 4.99. The highest BCUT2D eigenvalue weighted by atomic mass is 15.2. The Labute approximate surface area is 103 Å². The molecule has 0 amide bonds. The highest BCUT2D eigenvalue weighted by Crippen LogP contribution is 2.28. The normalized spacial score (nSPS) is 15.6. The lowest BCUT2D eigenvalue weighted by molar-refractivity contribution is 0.321. The Bertz CT molecular complexity index is 374. The molecule has 4 nitrogen and oxygen atoms in total. The third-order valence-electron chi connectivity index (χ3n) is 3.40. The van der Waals surface area contributed by atoms with Gasteiger partial charge in [0.1, 0.15) is 17.5 Å². The number of nitrogen functional groups attached to an aromatic ring is 1. The number of aryl methyl sites for hydroxylation is 1. The quantitative estimate of drug-likeness (QED) is 0.849. The van der Waals surface area contributed by atoms with E-state index in [1.807, 2.05) is 6.07 Å². The van der Waals surface area contributed by atoms with Gasteiger partial charge in [-0.15, -0.1) is 0 Å². The van der Waals surface area contributed by atoms with Crippen LogP contribution in [0.4, 0.5) is 11.6 Å². The summed E-state index contributed by atoms with van der Waals surface area (Å²) in [5.74, 6) is 3.25. The fourth-order valence-electron chi connectivity index (χ4n) is 2.19. The summed E-state index contributed by atoms with van der Waals surface area (Å²) >= 11 is 0. The Hall–Kier alpha value is -1.32. The van der Waals surface area contributed by atoms with Gasteiger partial charge < -0.3 is 10.6 Å². The molecule has 0 bridgehead atoms. The smallest absolute Gasteiger partial charge is 0.134 e. The molecule has 1 aliphatic carbocycles. The summed E-state index contributed by atoms with van der Waals surface area (Å²) in [6.07, 6.45) is 6.04. The lowest BCUT2D eigenvalue weighted by atomic mass is 9.85. The molecule has 0 spiro atoms. The Morgan fingerprint density at radius 2 is 2.18 bits per heavy atom. The van der Waals surface area contributed by atoms with Crippen molar-refractivity contribution in [3.63, 3.8) is 0 Å². The van der Waals surface area contributed by atoms with Gasteiger partial charge in [0.15, 0.2) is 0 Å². The SMILES string of the molecule is CCCc1nc(N)cc(N(C)CC2CCC2)n1. The van der Waals surface area contributed by atoms with Gasteiger partial charge in [0, 0.05) is 26.1 Å². The third kappa shape index (κ3) is 3.08. The number of aromatic nitrogens is 2. The van der Waals surface area contributed by atoms with E-state index in [2.05, 4.69) is 28.8 Å². The summed E-state index contributed by atoms with van der Waals surface area (Å²) in [6, 6.07) is 1.87. The monoisotopic (exact) mass is 234 g/mol. The molecular formula is C13H22N4. The van der Waals surface area contributed by atoms with Crippen LogP contribution >= 0.6 is 0 Å². The van der Waals surface area contributed by atoms with E-state index in [1.54, 1.807) is 0 Å². The molecule has 0 aromatic carbocycles. The van der Waals surface area contributed by atoms with E-state index in [4.69, 9.17) is 5.73 Å². The van der Waals surface area contributed by atoms with Crippen LogP contribution in [0.2, 0.25) is 0 Å². The lowest BCUT2D eigenvalue weighted by Crippen LogP contribution is -2.30. The van der Waals surface area contributed by atoms with E-state index in [0.717, 1.165) is 36.9 Å². The Morgan fingerprint density at radius 1 is 1.41 bits per heavy atom. The molecule has 4 heteroatoms. The molecule has 0 unspecified atom stereocenters. The minimum atomic E-state index is 0.582. The van der Waals surface area contributed by atoms with Crippen molar-refractivity contribution in [3.05, 3.63) is 11.9 Å². The van der Waals surface area contributed by atoms with E-state index in [-0.39, 0.29) is 0 Å². The van der Waals surface area contributed by atoms with Crippen molar-refractivity contribution < 1.29 is 0 Å². The van der Waals surface area contributed by atoms with Gasteiger partial charge in [-0.25, -0.2) is 9.97 Å². The van der Waals surface area contributed by atoms with Crippen LogP contribution in [0.25, 0.3) is 0 Å². The summed E-state index contributed by atoms with van der Waals surface area (Å²) in [4.78, 5) is 11.0. The van der Waals surface area contributed by atoms with Crippen molar-refractivity contribution in [2.24, 2.45) is 5.92 Å². The van der Waals surface area contributed by atoms with Crippen LogP contribution in [0, 0.1) is 5.92 Å². The van der Waals surface area contributed by atoms with Crippen LogP contribution in [0.3, 0.4) is 0 Å². The highest BCUT2D eigenvalue weighted by Gasteiger charge is 2.20. The third-order valence-corrected chi connectivity index (χ3v) is 3.40. The molecule has 1 aliphatic rings. The number of hydrogen-bond acceptors (Lipinski definition) is 4. The first-order valence-electron chi connectivity index (χ1n) is 6.53. The zero-order chi connectivity index (χ0) is 12.3. The van der Waals surface area contributed by atoms with Crippen molar-refractivity contribution >= 4 is 11.6 Å². The number of anilines is 2. The van der Waals surface area contributed by atoms with Gasteiger partial charge in [-0.2, -0.15) is 0 Å². The molecule has 0 aliphatic heterocycles. The fraction of sp³-hybridized carbons (Fsp3) is 0.692. The Kier molecular flexibility index (Phi) is 3.82. The molecule has 2 rings (SSSR count). The first kappa shape index (κ1) is 12.1. The lowest BCUT2D eigenvalue weighted by Gasteiger charge is -2.30. The van der Waals surface area contributed by atoms with Crippen molar-refractivity contribution in [3.8, 4) is 0 Å². The second-order valence-electron chi connectivity index (χ2n) is 4.99. The van der Waals surface area contributed by atoms with Gasteiger partial charge in [0.2, 0.25) is 0 Å². The molecule has 0 radical (unpaired) electrons. The molecule has 0 atom stereocenters. The molecule has 1 heterocycles. The van der Waals surface area contributed by atoms with Gasteiger partial charge in [0.05, 0.1) is 0 Å². The van der Waals surface area contributed by atoms with Crippen LogP contribution in [-0.2, 0) is 6.42 Å². The maximum atomic E-state index is 5.83. The maximum Gasteiger partial charge on any atom is 0.134 e. The minimum absolute atomic E-state index is 0.582. The predicted octanol–water partition coefficient (Wildman–Crippen LogP) is 2.25. The Balaban J connectivity index is 2.06. The van der Waals surface area contributed by atoms with Gasteiger partial charge in [-0.3, -0.25) is 0 Å². The van der Waals surface area contributed by atoms with E-state index in [0.29, 0.717) is 5.82 Å². The highest BCUT2D eigenvalue weighted by molar-refractivity contribution is 5.46. The van der Waals surface area contributed by atoms with Crippen molar-refractivity contribution in [1.29, 1.82) is 0 Å². The summed E-state index contributed by atoms with van der Waals surface area (Å²) in [5, 5.41) is 0. The molecule has 0 saturated heterocycles. The topological polar surface area (TPSA) is 55.0 Å². The van der Waals surface area contributed by atoms with Crippen LogP contribution < -0.4 is 10.6 Å². The van der Waals surface area contributed by atoms with Crippen molar-refractivity contribution in [2.75, 3.05) is 24.2 Å². The van der Waals surface area contributed by atoms with Gasteiger partial charge in [0.25, 0.3) is 0 Å². The van der Waals surface area contributed by atoms with E-state index < -0.39 is 0 Å². The molecule has 1 aromatic heterocycles. The average molecular weight is 234 g/mol. The number of nitrogens with zero attached hydrogens (tertiary/aromatic N) is 3. The molecule has 1 aromatic rings. The van der Waals surface area contributed by atoms with Crippen molar-refractivity contribution in [2.45, 2.75) is 39.0 Å². The summed E-state index contributed by atoms with van der Waals surface area (Å²) in [6.45, 7) is 3.21. The summed E-state index contributed by atoms with van der Waals surface area (Å²) in [5.41, 5.74) is 5.83. The van der Waals surface area contributed by atoms with Gasteiger partial charge in [-0.1, -0.05) is 13.3 Å². The fourth-order valence-corrected chi connectivity index (χ4v) is 2.19. The summed E-state index contributed by atoms with van der Waals surface area (Å²) < 4.78 is 0.